The van der Waals surface area contributed by atoms with Crippen molar-refractivity contribution in [2.75, 3.05) is 0 Å². The highest BCUT2D eigenvalue weighted by molar-refractivity contribution is 6.33. The molecule has 0 aliphatic carbocycles. The van der Waals surface area contributed by atoms with Crippen LogP contribution in [0.15, 0.2) is 24.4 Å². The van der Waals surface area contributed by atoms with Crippen LogP contribution in [0.1, 0.15) is 16.1 Å². The number of carboxylic acids is 1. The normalized spacial score (nSPS) is 10.5. The molecule has 0 radical (unpaired) electrons. The Labute approximate surface area is 103 Å². The molecule has 0 amide bonds. The van der Waals surface area contributed by atoms with Crippen molar-refractivity contribution in [2.45, 2.75) is 6.92 Å². The second-order valence-corrected chi connectivity index (χ2v) is 4.17. The van der Waals surface area contributed by atoms with Gasteiger partial charge in [0.25, 0.3) is 0 Å². The van der Waals surface area contributed by atoms with E-state index in [9.17, 15) is 4.79 Å². The highest BCUT2D eigenvalue weighted by Gasteiger charge is 2.12. The maximum Gasteiger partial charge on any atom is 0.335 e. The molecule has 2 aromatic rings. The summed E-state index contributed by atoms with van der Waals surface area (Å²) < 4.78 is 1.75. The van der Waals surface area contributed by atoms with Crippen LogP contribution in [0.25, 0.3) is 11.1 Å². The topological polar surface area (TPSA) is 55.1 Å². The van der Waals surface area contributed by atoms with Gasteiger partial charge in [-0.1, -0.05) is 17.7 Å². The first-order chi connectivity index (χ1) is 8.00. The van der Waals surface area contributed by atoms with Gasteiger partial charge in [-0.3, -0.25) is 4.68 Å². The van der Waals surface area contributed by atoms with Crippen molar-refractivity contribution in [3.05, 3.63) is 40.7 Å². The number of halogens is 1. The van der Waals surface area contributed by atoms with Gasteiger partial charge >= 0.3 is 5.97 Å². The summed E-state index contributed by atoms with van der Waals surface area (Å²) in [5.41, 5.74) is 2.87. The molecule has 5 heteroatoms. The third kappa shape index (κ3) is 2.03. The Morgan fingerprint density at radius 1 is 1.41 bits per heavy atom. The molecule has 1 aromatic carbocycles. The van der Waals surface area contributed by atoms with E-state index in [1.54, 1.807) is 16.9 Å². The summed E-state index contributed by atoms with van der Waals surface area (Å²) in [6, 6.07) is 4.69. The number of aromatic nitrogens is 2. The fraction of sp³-hybridized carbons (Fsp3) is 0.167. The van der Waals surface area contributed by atoms with Crippen LogP contribution in [0, 0.1) is 6.92 Å². The van der Waals surface area contributed by atoms with E-state index in [0.29, 0.717) is 5.02 Å². The fourth-order valence-electron chi connectivity index (χ4n) is 1.63. The van der Waals surface area contributed by atoms with Gasteiger partial charge in [-0.25, -0.2) is 4.79 Å². The minimum Gasteiger partial charge on any atom is -0.478 e. The average Bonchev–Trinajstić information content (AvgIpc) is 2.60. The van der Waals surface area contributed by atoms with E-state index in [1.165, 1.54) is 12.1 Å². The quantitative estimate of drug-likeness (QED) is 0.892. The minimum absolute atomic E-state index is 0.181. The van der Waals surface area contributed by atoms with E-state index in [4.69, 9.17) is 16.7 Å². The number of aryl methyl sites for hydroxylation is 1. The summed E-state index contributed by atoms with van der Waals surface area (Å²) in [5.74, 6) is -0.985. The molecule has 1 heterocycles. The summed E-state index contributed by atoms with van der Waals surface area (Å²) in [6.45, 7) is 1.93. The number of benzene rings is 1. The van der Waals surface area contributed by atoms with Crippen molar-refractivity contribution in [2.24, 2.45) is 7.05 Å². The molecule has 1 N–H and O–H groups in total. The summed E-state index contributed by atoms with van der Waals surface area (Å²) in [5, 5.41) is 13.4. The third-order valence-corrected chi connectivity index (χ3v) is 3.05. The van der Waals surface area contributed by atoms with Gasteiger partial charge in [0.2, 0.25) is 0 Å². The molecule has 17 heavy (non-hydrogen) atoms. The van der Waals surface area contributed by atoms with Gasteiger partial charge in [-0.05, 0) is 19.1 Å². The highest BCUT2D eigenvalue weighted by Crippen LogP contribution is 2.30. The lowest BCUT2D eigenvalue weighted by atomic mass is 10.0. The molecule has 1 aromatic heterocycles. The van der Waals surface area contributed by atoms with E-state index in [0.717, 1.165) is 16.8 Å². The van der Waals surface area contributed by atoms with Crippen LogP contribution in [0.3, 0.4) is 0 Å². The molecule has 88 valence electrons. The number of hydrogen-bond acceptors (Lipinski definition) is 2. The molecule has 2 rings (SSSR count). The molecule has 0 aliphatic rings. The summed E-state index contributed by atoms with van der Waals surface area (Å²) >= 11 is 6.09. The predicted molar refractivity (Wildman–Crippen MR) is 65.4 cm³/mol. The van der Waals surface area contributed by atoms with Crippen molar-refractivity contribution < 1.29 is 9.90 Å². The van der Waals surface area contributed by atoms with E-state index in [-0.39, 0.29) is 5.56 Å². The van der Waals surface area contributed by atoms with Crippen LogP contribution in [0.2, 0.25) is 5.02 Å². The summed E-state index contributed by atoms with van der Waals surface area (Å²) in [4.78, 5) is 10.8. The van der Waals surface area contributed by atoms with E-state index in [1.807, 2.05) is 14.0 Å². The maximum absolute atomic E-state index is 10.8. The lowest BCUT2D eigenvalue weighted by molar-refractivity contribution is 0.0697. The first-order valence-electron chi connectivity index (χ1n) is 5.02. The molecule has 0 atom stereocenters. The highest BCUT2D eigenvalue weighted by atomic mass is 35.5. The number of nitrogens with zero attached hydrogens (tertiary/aromatic N) is 2. The van der Waals surface area contributed by atoms with Crippen LogP contribution >= 0.6 is 11.6 Å². The first-order valence-corrected chi connectivity index (χ1v) is 5.40. The third-order valence-electron chi connectivity index (χ3n) is 2.74. The number of rotatable bonds is 2. The number of hydrogen-bond donors (Lipinski definition) is 1. The molecule has 0 bridgehead atoms. The van der Waals surface area contributed by atoms with Crippen LogP contribution in [-0.4, -0.2) is 20.9 Å². The minimum atomic E-state index is -0.985. The van der Waals surface area contributed by atoms with Crippen molar-refractivity contribution in [3.8, 4) is 11.1 Å². The number of carbonyl (C=O) groups is 1. The predicted octanol–water partition coefficient (Wildman–Crippen LogP) is 2.75. The van der Waals surface area contributed by atoms with Gasteiger partial charge in [-0.2, -0.15) is 5.10 Å². The van der Waals surface area contributed by atoms with Crippen LogP contribution in [0.5, 0.6) is 0 Å². The molecule has 0 aliphatic heterocycles. The van der Waals surface area contributed by atoms with Crippen LogP contribution in [-0.2, 0) is 7.05 Å². The lowest BCUT2D eigenvalue weighted by Gasteiger charge is -2.05. The Kier molecular flexibility index (Phi) is 2.90. The Bertz CT molecular complexity index is 590. The molecule has 0 unspecified atom stereocenters. The second-order valence-electron chi connectivity index (χ2n) is 3.77. The molecule has 0 fully saturated rings. The van der Waals surface area contributed by atoms with Gasteiger partial charge in [-0.15, -0.1) is 0 Å². The van der Waals surface area contributed by atoms with Gasteiger partial charge in [0.1, 0.15) is 0 Å². The van der Waals surface area contributed by atoms with Gasteiger partial charge < -0.3 is 5.11 Å². The second kappa shape index (κ2) is 4.22. The zero-order valence-electron chi connectivity index (χ0n) is 9.44. The van der Waals surface area contributed by atoms with Gasteiger partial charge in [0.05, 0.1) is 11.8 Å². The van der Waals surface area contributed by atoms with Crippen molar-refractivity contribution in [1.29, 1.82) is 0 Å². The van der Waals surface area contributed by atoms with Gasteiger partial charge in [0.15, 0.2) is 0 Å². The number of aromatic carboxylic acids is 1. The smallest absolute Gasteiger partial charge is 0.335 e. The van der Waals surface area contributed by atoms with E-state index < -0.39 is 5.97 Å². The SMILES string of the molecule is Cc1c(-c2ccc(C(=O)O)cc2Cl)cnn1C. The maximum atomic E-state index is 10.8. The number of carboxylic acid groups (broad SMARTS) is 1. The largest absolute Gasteiger partial charge is 0.478 e. The van der Waals surface area contributed by atoms with Crippen molar-refractivity contribution >= 4 is 17.6 Å². The summed E-state index contributed by atoms with van der Waals surface area (Å²) in [6.07, 6.45) is 1.72. The van der Waals surface area contributed by atoms with E-state index in [2.05, 4.69) is 5.10 Å². The molecule has 0 spiro atoms. The van der Waals surface area contributed by atoms with Crippen LogP contribution < -0.4 is 0 Å². The van der Waals surface area contributed by atoms with Gasteiger partial charge in [0, 0.05) is 28.9 Å². The molecular formula is C12H11ClN2O2. The Balaban J connectivity index is 2.54. The fourth-order valence-corrected chi connectivity index (χ4v) is 1.91. The molecule has 0 saturated carbocycles. The standard InChI is InChI=1S/C12H11ClN2O2/c1-7-10(6-14-15(7)2)9-4-3-8(12(16)17)5-11(9)13/h3-6H,1-2H3,(H,16,17). The average molecular weight is 251 g/mol. The molecule has 0 saturated heterocycles. The van der Waals surface area contributed by atoms with Crippen LogP contribution in [0.4, 0.5) is 0 Å². The van der Waals surface area contributed by atoms with Crippen molar-refractivity contribution in [1.82, 2.24) is 9.78 Å². The first kappa shape index (κ1) is 11.7. The van der Waals surface area contributed by atoms with E-state index >= 15 is 0 Å². The zero-order valence-corrected chi connectivity index (χ0v) is 10.2. The Hall–Kier alpha value is -1.81. The lowest BCUT2D eigenvalue weighted by Crippen LogP contribution is -1.96. The Morgan fingerprint density at radius 2 is 2.12 bits per heavy atom. The molecule has 4 nitrogen and oxygen atoms in total. The Morgan fingerprint density at radius 3 is 2.59 bits per heavy atom. The monoisotopic (exact) mass is 250 g/mol. The summed E-state index contributed by atoms with van der Waals surface area (Å²) in [7, 11) is 1.85. The molecular weight excluding hydrogens is 240 g/mol. The zero-order chi connectivity index (χ0) is 12.6. The van der Waals surface area contributed by atoms with Crippen molar-refractivity contribution in [3.63, 3.8) is 0 Å².